The molecule has 5 heteroatoms. The predicted octanol–water partition coefficient (Wildman–Crippen LogP) is 1.38. The summed E-state index contributed by atoms with van der Waals surface area (Å²) in [4.78, 5) is 20.6. The highest BCUT2D eigenvalue weighted by molar-refractivity contribution is 9.12. The Morgan fingerprint density at radius 2 is 1.75 bits per heavy atom. The molecular weight excluding hydrogens is 228 g/mol. The largest absolute Gasteiger partial charge is 0.478 e. The first-order valence-corrected chi connectivity index (χ1v) is 3.78. The number of hydrogen-bond acceptors (Lipinski definition) is 2. The lowest BCUT2D eigenvalue weighted by molar-refractivity contribution is -0.132. The van der Waals surface area contributed by atoms with Crippen LogP contribution in [0.15, 0.2) is 22.2 Å². The molecule has 0 heterocycles. The normalized spacial score (nSPS) is 12.8. The molecule has 0 bridgehead atoms. The fraction of sp³-hybridized carbons (Fsp3) is 0.143. The summed E-state index contributed by atoms with van der Waals surface area (Å²) in [5.74, 6) is -2.36. The number of hydrogen-bond donors (Lipinski definition) is 2. The average Bonchev–Trinajstić information content (AvgIpc) is 1.98. The molecule has 0 atom stereocenters. The fourth-order valence-electron chi connectivity index (χ4n) is 0.467. The molecule has 0 rings (SSSR count). The van der Waals surface area contributed by atoms with E-state index in [0.29, 0.717) is 0 Å². The second kappa shape index (κ2) is 4.71. The van der Waals surface area contributed by atoms with Crippen molar-refractivity contribution >= 4 is 27.9 Å². The third-order valence-electron chi connectivity index (χ3n) is 1.04. The van der Waals surface area contributed by atoms with Crippen LogP contribution in [0.1, 0.15) is 6.92 Å². The number of carbonyl (C=O) groups is 2. The molecule has 0 aromatic rings. The minimum absolute atomic E-state index is 0.0655. The molecule has 2 N–H and O–H groups in total. The lowest BCUT2D eigenvalue weighted by Crippen LogP contribution is -2.00. The molecule has 0 fully saturated rings. The summed E-state index contributed by atoms with van der Waals surface area (Å²) >= 11 is 2.71. The highest BCUT2D eigenvalue weighted by atomic mass is 79.9. The van der Waals surface area contributed by atoms with Gasteiger partial charge in [0.25, 0.3) is 0 Å². The molecule has 4 nitrogen and oxygen atoms in total. The number of rotatable bonds is 3. The summed E-state index contributed by atoms with van der Waals surface area (Å²) in [6.07, 6.45) is 2.34. The Morgan fingerprint density at radius 1 is 1.25 bits per heavy atom. The van der Waals surface area contributed by atoms with Crippen LogP contribution >= 0.6 is 15.9 Å². The topological polar surface area (TPSA) is 74.6 Å². The Morgan fingerprint density at radius 3 is 2.00 bits per heavy atom. The first kappa shape index (κ1) is 10.9. The Labute approximate surface area is 77.3 Å². The predicted molar refractivity (Wildman–Crippen MR) is 46.0 cm³/mol. The lowest BCUT2D eigenvalue weighted by atomic mass is 10.2. The van der Waals surface area contributed by atoms with Crippen LogP contribution in [-0.4, -0.2) is 22.2 Å². The minimum atomic E-state index is -1.20. The van der Waals surface area contributed by atoms with Gasteiger partial charge < -0.3 is 10.2 Å². The van der Waals surface area contributed by atoms with Crippen LogP contribution in [0, 0.1) is 0 Å². The van der Waals surface area contributed by atoms with Crippen LogP contribution in [0.5, 0.6) is 0 Å². The van der Waals surface area contributed by atoms with Crippen molar-refractivity contribution in [1.29, 1.82) is 0 Å². The van der Waals surface area contributed by atoms with Crippen molar-refractivity contribution in [3.8, 4) is 0 Å². The third kappa shape index (κ3) is 3.34. The highest BCUT2D eigenvalue weighted by Crippen LogP contribution is 2.09. The molecule has 0 saturated carbocycles. The van der Waals surface area contributed by atoms with Crippen LogP contribution < -0.4 is 0 Å². The van der Waals surface area contributed by atoms with Gasteiger partial charge in [-0.25, -0.2) is 9.59 Å². The Balaban J connectivity index is 4.72. The van der Waals surface area contributed by atoms with E-state index in [1.165, 1.54) is 13.0 Å². The zero-order valence-corrected chi connectivity index (χ0v) is 7.83. The first-order chi connectivity index (χ1) is 5.49. The molecule has 0 unspecified atom stereocenters. The molecule has 12 heavy (non-hydrogen) atoms. The van der Waals surface area contributed by atoms with E-state index in [-0.39, 0.29) is 10.1 Å². The molecule has 0 aliphatic rings. The molecule has 0 radical (unpaired) electrons. The summed E-state index contributed by atoms with van der Waals surface area (Å²) in [5, 5.41) is 16.9. The summed E-state index contributed by atoms with van der Waals surface area (Å²) in [6.45, 7) is 1.52. The van der Waals surface area contributed by atoms with Gasteiger partial charge in [0.1, 0.15) is 4.48 Å². The first-order valence-electron chi connectivity index (χ1n) is 2.99. The summed E-state index contributed by atoms with van der Waals surface area (Å²) < 4.78 is -0.182. The van der Waals surface area contributed by atoms with Gasteiger partial charge in [-0.05, 0) is 28.9 Å². The smallest absolute Gasteiger partial charge is 0.342 e. The van der Waals surface area contributed by atoms with E-state index in [9.17, 15) is 9.59 Å². The molecule has 0 spiro atoms. The van der Waals surface area contributed by atoms with E-state index in [1.807, 2.05) is 0 Å². The van der Waals surface area contributed by atoms with Gasteiger partial charge in [-0.2, -0.15) is 0 Å². The summed E-state index contributed by atoms with van der Waals surface area (Å²) in [6, 6.07) is 0. The summed E-state index contributed by atoms with van der Waals surface area (Å²) in [5.41, 5.74) is -0.0655. The number of carboxylic acids is 2. The van der Waals surface area contributed by atoms with E-state index in [4.69, 9.17) is 10.2 Å². The number of aliphatic carboxylic acids is 2. The van der Waals surface area contributed by atoms with Crippen LogP contribution in [0.2, 0.25) is 0 Å². The van der Waals surface area contributed by atoms with Crippen molar-refractivity contribution in [2.45, 2.75) is 6.92 Å². The molecule has 66 valence electrons. The van der Waals surface area contributed by atoms with Crippen LogP contribution in [-0.2, 0) is 9.59 Å². The second-order valence-corrected chi connectivity index (χ2v) is 2.70. The number of carboxylic acid groups (broad SMARTS) is 2. The molecule has 0 amide bonds. The van der Waals surface area contributed by atoms with Gasteiger partial charge in [0.15, 0.2) is 0 Å². The Bertz CT molecular complexity index is 265. The number of halogens is 1. The van der Waals surface area contributed by atoms with Crippen molar-refractivity contribution in [3.63, 3.8) is 0 Å². The highest BCUT2D eigenvalue weighted by Gasteiger charge is 2.07. The van der Waals surface area contributed by atoms with Gasteiger partial charge in [0, 0.05) is 0 Å². The van der Waals surface area contributed by atoms with E-state index in [2.05, 4.69) is 15.9 Å². The Kier molecular flexibility index (Phi) is 4.28. The van der Waals surface area contributed by atoms with Crippen molar-refractivity contribution < 1.29 is 19.8 Å². The fourth-order valence-corrected chi connectivity index (χ4v) is 0.713. The van der Waals surface area contributed by atoms with Gasteiger partial charge in [0.2, 0.25) is 0 Å². The standard InChI is InChI=1S/C7H7BrO4/c1-2-4(6(9)10)3-5(8)7(11)12/h2-3H,1H3,(H,9,10)(H,11,12). The van der Waals surface area contributed by atoms with E-state index >= 15 is 0 Å². The molecule has 0 saturated heterocycles. The molecular formula is C7H7BrO4. The van der Waals surface area contributed by atoms with Gasteiger partial charge in [-0.1, -0.05) is 6.08 Å². The monoisotopic (exact) mass is 234 g/mol. The van der Waals surface area contributed by atoms with Crippen LogP contribution in [0.4, 0.5) is 0 Å². The van der Waals surface area contributed by atoms with Crippen molar-refractivity contribution in [2.75, 3.05) is 0 Å². The van der Waals surface area contributed by atoms with Crippen LogP contribution in [0.3, 0.4) is 0 Å². The molecule has 0 aromatic carbocycles. The quantitative estimate of drug-likeness (QED) is 0.572. The molecule has 0 aliphatic carbocycles. The lowest BCUT2D eigenvalue weighted by Gasteiger charge is -1.93. The maximum atomic E-state index is 10.4. The zero-order chi connectivity index (χ0) is 9.72. The minimum Gasteiger partial charge on any atom is -0.478 e. The maximum Gasteiger partial charge on any atom is 0.342 e. The van der Waals surface area contributed by atoms with Gasteiger partial charge in [-0.15, -0.1) is 0 Å². The SMILES string of the molecule is CC=C(C=C(Br)C(=O)O)C(=O)O. The maximum absolute atomic E-state index is 10.4. The van der Waals surface area contributed by atoms with Crippen molar-refractivity contribution in [3.05, 3.63) is 22.2 Å². The average molecular weight is 235 g/mol. The molecule has 0 aromatic heterocycles. The molecule has 0 aliphatic heterocycles. The Hall–Kier alpha value is -1.10. The van der Waals surface area contributed by atoms with Gasteiger partial charge in [0.05, 0.1) is 5.57 Å². The summed E-state index contributed by atoms with van der Waals surface area (Å²) in [7, 11) is 0. The van der Waals surface area contributed by atoms with Gasteiger partial charge in [-0.3, -0.25) is 0 Å². The van der Waals surface area contributed by atoms with E-state index < -0.39 is 11.9 Å². The second-order valence-electron chi connectivity index (χ2n) is 1.85. The third-order valence-corrected chi connectivity index (χ3v) is 1.61. The van der Waals surface area contributed by atoms with Crippen molar-refractivity contribution in [1.82, 2.24) is 0 Å². The van der Waals surface area contributed by atoms with E-state index in [0.717, 1.165) is 6.08 Å². The van der Waals surface area contributed by atoms with Crippen molar-refractivity contribution in [2.24, 2.45) is 0 Å². The van der Waals surface area contributed by atoms with E-state index in [1.54, 1.807) is 0 Å². The van der Waals surface area contributed by atoms with Crippen LogP contribution in [0.25, 0.3) is 0 Å². The van der Waals surface area contributed by atoms with Gasteiger partial charge >= 0.3 is 11.9 Å². The zero-order valence-electron chi connectivity index (χ0n) is 6.24. The number of allylic oxidation sites excluding steroid dienone is 1.